The van der Waals surface area contributed by atoms with Crippen molar-refractivity contribution in [3.63, 3.8) is 0 Å². The number of carboxylic acid groups (broad SMARTS) is 4. The monoisotopic (exact) mass is 456 g/mol. The lowest BCUT2D eigenvalue weighted by atomic mass is 10.2. The third-order valence-corrected chi connectivity index (χ3v) is 6.25. The van der Waals surface area contributed by atoms with Crippen LogP contribution < -0.4 is 20.4 Å². The molecule has 0 aromatic heterocycles. The van der Waals surface area contributed by atoms with Crippen LogP contribution in [-0.4, -0.2) is 120 Å². The van der Waals surface area contributed by atoms with E-state index < -0.39 is 48.0 Å². The van der Waals surface area contributed by atoms with Crippen LogP contribution in [0.25, 0.3) is 0 Å². The van der Waals surface area contributed by atoms with Crippen LogP contribution in [0.1, 0.15) is 27.7 Å². The van der Waals surface area contributed by atoms with Crippen molar-refractivity contribution in [3.8, 4) is 0 Å². The van der Waals surface area contributed by atoms with Crippen LogP contribution in [-0.2, 0) is 19.2 Å². The highest BCUT2D eigenvalue weighted by molar-refractivity contribution is 5.72. The average Bonchev–Trinajstić information content (AvgIpc) is 2.72. The van der Waals surface area contributed by atoms with Gasteiger partial charge < -0.3 is 39.6 Å². The van der Waals surface area contributed by atoms with Crippen LogP contribution in [0.2, 0.25) is 0 Å². The van der Waals surface area contributed by atoms with E-state index in [0.717, 1.165) is 0 Å². The summed E-state index contributed by atoms with van der Waals surface area (Å²) in [7, 11) is 0. The number of carboxylic acids is 4. The summed E-state index contributed by atoms with van der Waals surface area (Å²) in [5, 5.41) is 45.8. The van der Waals surface area contributed by atoms with Gasteiger partial charge in [0, 0.05) is 76.5 Å². The Morgan fingerprint density at radius 3 is 0.656 bits per heavy atom. The molecule has 32 heavy (non-hydrogen) atoms. The Hall–Kier alpha value is -2.28. The predicted octanol–water partition coefficient (Wildman–Crippen LogP) is -6.24. The van der Waals surface area contributed by atoms with Crippen molar-refractivity contribution in [2.24, 2.45) is 0 Å². The van der Waals surface area contributed by atoms with Gasteiger partial charge in [0.15, 0.2) is 0 Å². The lowest BCUT2D eigenvalue weighted by Crippen LogP contribution is -2.58. The minimum atomic E-state index is -1.30. The number of carbonyl (C=O) groups excluding carboxylic acids is 4. The molecule has 0 radical (unpaired) electrons. The quantitative estimate of drug-likeness (QED) is 0.338. The largest absolute Gasteiger partial charge is 0.548 e. The van der Waals surface area contributed by atoms with E-state index in [-0.39, 0.29) is 52.4 Å². The summed E-state index contributed by atoms with van der Waals surface area (Å²) in [6.07, 6.45) is 0. The van der Waals surface area contributed by atoms with Crippen LogP contribution in [0.3, 0.4) is 0 Å². The van der Waals surface area contributed by atoms with E-state index in [9.17, 15) is 39.6 Å². The van der Waals surface area contributed by atoms with Gasteiger partial charge in [0.25, 0.3) is 0 Å². The number of carbonyl (C=O) groups is 4. The van der Waals surface area contributed by atoms with E-state index in [0.29, 0.717) is 0 Å². The second-order valence-corrected chi connectivity index (χ2v) is 8.12. The van der Waals surface area contributed by atoms with Gasteiger partial charge in [0.1, 0.15) is 0 Å². The molecule has 1 aliphatic rings. The maximum absolute atomic E-state index is 11.4. The number of hydrogen-bond acceptors (Lipinski definition) is 12. The number of hydrogen-bond donors (Lipinski definition) is 0. The highest BCUT2D eigenvalue weighted by atomic mass is 16.4. The molecule has 1 rings (SSSR count). The van der Waals surface area contributed by atoms with E-state index in [1.54, 1.807) is 19.6 Å². The Balaban J connectivity index is 3.21. The fourth-order valence-corrected chi connectivity index (χ4v) is 3.62. The molecule has 12 nitrogen and oxygen atoms in total. The Morgan fingerprint density at radius 1 is 0.438 bits per heavy atom. The first kappa shape index (κ1) is 27.8. The van der Waals surface area contributed by atoms with Gasteiger partial charge in [-0.3, -0.25) is 19.6 Å². The zero-order valence-electron chi connectivity index (χ0n) is 19.0. The topological polar surface area (TPSA) is 173 Å². The fourth-order valence-electron chi connectivity index (χ4n) is 3.62. The first-order valence-electron chi connectivity index (χ1n) is 10.7. The SMILES string of the molecule is C[C@@H](C(=O)[O-])N1CCN([C@@H](C)C(=O)[O-])CCN([C@@H](C)C(=O)[O-])CCN([C@@H](C)C(=O)[O-])CC1. The molecule has 1 fully saturated rings. The maximum atomic E-state index is 11.4. The molecule has 0 aromatic carbocycles. The molecule has 0 aliphatic carbocycles. The summed E-state index contributed by atoms with van der Waals surface area (Å²) in [4.78, 5) is 52.1. The van der Waals surface area contributed by atoms with Gasteiger partial charge in [-0.1, -0.05) is 0 Å². The molecule has 1 heterocycles. The van der Waals surface area contributed by atoms with Gasteiger partial charge in [-0.25, -0.2) is 0 Å². The van der Waals surface area contributed by atoms with Crippen molar-refractivity contribution in [2.75, 3.05) is 52.4 Å². The third kappa shape index (κ3) is 8.01. The van der Waals surface area contributed by atoms with Crippen LogP contribution in [0.15, 0.2) is 0 Å². The smallest absolute Gasteiger partial charge is 0.0583 e. The minimum Gasteiger partial charge on any atom is -0.548 e. The van der Waals surface area contributed by atoms with Crippen molar-refractivity contribution in [2.45, 2.75) is 51.9 Å². The van der Waals surface area contributed by atoms with E-state index in [1.807, 2.05) is 0 Å². The average molecular weight is 456 g/mol. The Bertz CT molecular complexity index is 548. The first-order chi connectivity index (χ1) is 14.9. The molecule has 0 unspecified atom stereocenters. The predicted molar refractivity (Wildman–Crippen MR) is 104 cm³/mol. The highest BCUT2D eigenvalue weighted by Crippen LogP contribution is 2.09. The van der Waals surface area contributed by atoms with E-state index in [4.69, 9.17) is 0 Å². The highest BCUT2D eigenvalue weighted by Gasteiger charge is 2.25. The third-order valence-electron chi connectivity index (χ3n) is 6.25. The van der Waals surface area contributed by atoms with Gasteiger partial charge in [-0.15, -0.1) is 0 Å². The minimum absolute atomic E-state index is 0.177. The normalized spacial score (nSPS) is 22.6. The molecule has 1 aliphatic heterocycles. The molecule has 0 spiro atoms. The van der Waals surface area contributed by atoms with Crippen LogP contribution in [0.4, 0.5) is 0 Å². The summed E-state index contributed by atoms with van der Waals surface area (Å²) in [6.45, 7) is 7.21. The van der Waals surface area contributed by atoms with Gasteiger partial charge in [-0.2, -0.15) is 0 Å². The summed E-state index contributed by atoms with van der Waals surface area (Å²) in [6, 6.07) is -3.92. The summed E-state index contributed by atoms with van der Waals surface area (Å²) in [5.41, 5.74) is 0. The van der Waals surface area contributed by atoms with Gasteiger partial charge in [0.2, 0.25) is 0 Å². The molecule has 0 aromatic rings. The van der Waals surface area contributed by atoms with Gasteiger partial charge in [-0.05, 0) is 27.7 Å². The van der Waals surface area contributed by atoms with Crippen molar-refractivity contribution < 1.29 is 39.6 Å². The van der Waals surface area contributed by atoms with E-state index in [1.165, 1.54) is 27.7 Å². The number of rotatable bonds is 8. The molecule has 184 valence electrons. The Kier molecular flexibility index (Phi) is 11.0. The Morgan fingerprint density at radius 2 is 0.562 bits per heavy atom. The molecule has 1 saturated heterocycles. The summed E-state index contributed by atoms with van der Waals surface area (Å²) >= 11 is 0. The summed E-state index contributed by atoms with van der Waals surface area (Å²) in [5.74, 6) is -5.20. The summed E-state index contributed by atoms with van der Waals surface area (Å²) < 4.78 is 0. The zero-order chi connectivity index (χ0) is 24.6. The van der Waals surface area contributed by atoms with Crippen LogP contribution in [0, 0.1) is 0 Å². The van der Waals surface area contributed by atoms with Gasteiger partial charge in [0.05, 0.1) is 23.9 Å². The molecule has 0 bridgehead atoms. The van der Waals surface area contributed by atoms with E-state index >= 15 is 0 Å². The molecule has 12 heteroatoms. The van der Waals surface area contributed by atoms with Crippen LogP contribution in [0.5, 0.6) is 0 Å². The fraction of sp³-hybridized carbons (Fsp3) is 0.800. The zero-order valence-corrected chi connectivity index (χ0v) is 19.0. The lowest BCUT2D eigenvalue weighted by molar-refractivity contribution is -0.314. The standard InChI is InChI=1S/C20H36N4O8/c1-13(17(25)26)21-5-7-22(14(2)18(27)28)9-11-24(16(4)20(31)32)12-10-23(8-6-21)15(3)19(29)30/h13-16H,5-12H2,1-4H3,(H,25,26)(H,27,28)(H,29,30)(H,31,32)/p-4/t13-,14-,15-,16-/m0/s1. The molecular weight excluding hydrogens is 424 g/mol. The molecule has 0 amide bonds. The second kappa shape index (κ2) is 12.7. The molecule has 0 N–H and O–H groups in total. The van der Waals surface area contributed by atoms with Crippen molar-refractivity contribution in [1.82, 2.24) is 19.6 Å². The van der Waals surface area contributed by atoms with Crippen molar-refractivity contribution >= 4 is 23.9 Å². The molecular formula is C20H32N4O8-4. The Labute approximate surface area is 188 Å². The van der Waals surface area contributed by atoms with Crippen molar-refractivity contribution in [1.29, 1.82) is 0 Å². The molecule has 4 atom stereocenters. The van der Waals surface area contributed by atoms with Crippen LogP contribution >= 0.6 is 0 Å². The van der Waals surface area contributed by atoms with Gasteiger partial charge >= 0.3 is 0 Å². The second-order valence-electron chi connectivity index (χ2n) is 8.12. The maximum Gasteiger partial charge on any atom is 0.0583 e. The van der Waals surface area contributed by atoms with Crippen molar-refractivity contribution in [3.05, 3.63) is 0 Å². The number of aliphatic carboxylic acids is 4. The molecule has 0 saturated carbocycles. The first-order valence-corrected chi connectivity index (χ1v) is 10.7. The number of nitrogens with zero attached hydrogens (tertiary/aromatic N) is 4. The lowest BCUT2D eigenvalue weighted by Gasteiger charge is -2.40. The van der Waals surface area contributed by atoms with E-state index in [2.05, 4.69) is 0 Å².